The standard InChI is InChI=1S/C10H15ClN2O4.CH2F2/c1-12-10(16)13(4-7(11)5-14)9-3-2-8(6-15)17-9;2-1-3/h4-5,8-9,15H,2-3,6H2,1H3,(H,12,16);1H2/b7-4+;. The SMILES string of the molecule is CNC(=O)N(/C=C(/Cl)C=O)C1CCC(CO)O1.FCF. The monoisotopic (exact) mass is 314 g/mol. The average molecular weight is 315 g/mol. The highest BCUT2D eigenvalue weighted by Gasteiger charge is 2.31. The van der Waals surface area contributed by atoms with E-state index in [1.165, 1.54) is 18.1 Å². The van der Waals surface area contributed by atoms with Crippen LogP contribution in [0, 0.1) is 0 Å². The molecule has 1 aliphatic heterocycles. The predicted molar refractivity (Wildman–Crippen MR) is 68.4 cm³/mol. The molecule has 2 unspecified atom stereocenters. The zero-order valence-corrected chi connectivity index (χ0v) is 11.6. The summed E-state index contributed by atoms with van der Waals surface area (Å²) in [6, 6.07) is -0.423. The number of nitrogens with one attached hydrogen (secondary N) is 1. The second-order valence-corrected chi connectivity index (χ2v) is 4.10. The number of alkyl halides is 2. The molecule has 0 aliphatic carbocycles. The first kappa shape index (κ1) is 18.8. The van der Waals surface area contributed by atoms with Crippen molar-refractivity contribution in [1.29, 1.82) is 0 Å². The number of allylic oxidation sites excluding steroid dienone is 1. The summed E-state index contributed by atoms with van der Waals surface area (Å²) < 4.78 is 24.7. The minimum atomic E-state index is -1.75. The van der Waals surface area contributed by atoms with Gasteiger partial charge in [0.1, 0.15) is 6.23 Å². The molecule has 0 aromatic rings. The van der Waals surface area contributed by atoms with E-state index in [9.17, 15) is 18.4 Å². The number of ether oxygens (including phenoxy) is 1. The quantitative estimate of drug-likeness (QED) is 0.605. The van der Waals surface area contributed by atoms with Gasteiger partial charge in [-0.25, -0.2) is 13.6 Å². The van der Waals surface area contributed by atoms with Gasteiger partial charge in [0, 0.05) is 13.2 Å². The molecular formula is C11H17ClF2N2O4. The largest absolute Gasteiger partial charge is 0.394 e. The maximum absolute atomic E-state index is 11.6. The van der Waals surface area contributed by atoms with Gasteiger partial charge in [0.15, 0.2) is 6.29 Å². The lowest BCUT2D eigenvalue weighted by atomic mass is 10.2. The molecule has 0 saturated carbocycles. The van der Waals surface area contributed by atoms with Crippen molar-refractivity contribution in [2.45, 2.75) is 25.2 Å². The van der Waals surface area contributed by atoms with Gasteiger partial charge in [-0.3, -0.25) is 9.69 Å². The first-order chi connectivity index (χ1) is 9.53. The number of rotatable bonds is 4. The van der Waals surface area contributed by atoms with E-state index in [2.05, 4.69) is 5.32 Å². The van der Waals surface area contributed by atoms with E-state index in [1.807, 2.05) is 0 Å². The Hall–Kier alpha value is -1.25. The van der Waals surface area contributed by atoms with Crippen LogP contribution >= 0.6 is 11.6 Å². The fraction of sp³-hybridized carbons (Fsp3) is 0.636. The number of aldehydes is 1. The minimum absolute atomic E-state index is 0.0929. The van der Waals surface area contributed by atoms with Crippen molar-refractivity contribution in [3.05, 3.63) is 11.2 Å². The van der Waals surface area contributed by atoms with Crippen LogP contribution in [0.5, 0.6) is 0 Å². The predicted octanol–water partition coefficient (Wildman–Crippen LogP) is 1.29. The number of carbonyl (C=O) groups excluding carboxylic acids is 2. The summed E-state index contributed by atoms with van der Waals surface area (Å²) in [6.07, 6.45) is 2.10. The fourth-order valence-electron chi connectivity index (χ4n) is 1.59. The molecule has 0 aromatic carbocycles. The van der Waals surface area contributed by atoms with Gasteiger partial charge in [-0.2, -0.15) is 0 Å². The maximum atomic E-state index is 11.6. The van der Waals surface area contributed by atoms with Crippen molar-refractivity contribution in [3.63, 3.8) is 0 Å². The highest BCUT2D eigenvalue weighted by atomic mass is 35.5. The molecule has 1 heterocycles. The molecule has 0 aromatic heterocycles. The summed E-state index contributed by atoms with van der Waals surface area (Å²) in [5.74, 6) is 0. The van der Waals surface area contributed by atoms with Gasteiger partial charge in [-0.05, 0) is 12.8 Å². The molecule has 6 nitrogen and oxygen atoms in total. The van der Waals surface area contributed by atoms with Gasteiger partial charge >= 0.3 is 6.03 Å². The van der Waals surface area contributed by atoms with Crippen molar-refractivity contribution in [3.8, 4) is 0 Å². The van der Waals surface area contributed by atoms with Crippen molar-refractivity contribution in [2.75, 3.05) is 20.6 Å². The van der Waals surface area contributed by atoms with E-state index in [0.717, 1.165) is 0 Å². The van der Waals surface area contributed by atoms with Gasteiger partial charge in [0.05, 0.1) is 17.7 Å². The normalized spacial score (nSPS) is 21.8. The van der Waals surface area contributed by atoms with Crippen LogP contribution in [-0.4, -0.2) is 55.2 Å². The van der Waals surface area contributed by atoms with Crippen LogP contribution in [0.25, 0.3) is 0 Å². The van der Waals surface area contributed by atoms with Crippen molar-refractivity contribution in [2.24, 2.45) is 0 Å². The molecule has 2 atom stereocenters. The lowest BCUT2D eigenvalue weighted by Gasteiger charge is -2.25. The molecule has 2 amide bonds. The Bertz CT molecular complexity index is 344. The molecule has 1 rings (SSSR count). The first-order valence-corrected chi connectivity index (χ1v) is 6.12. The Balaban J connectivity index is 0.00000110. The number of urea groups is 1. The summed E-state index contributed by atoms with van der Waals surface area (Å²) in [5, 5.41) is 11.3. The van der Waals surface area contributed by atoms with E-state index in [-0.39, 0.29) is 17.7 Å². The topological polar surface area (TPSA) is 78.9 Å². The summed E-state index contributed by atoms with van der Waals surface area (Å²) in [4.78, 5) is 23.3. The number of hydrogen-bond acceptors (Lipinski definition) is 4. The summed E-state index contributed by atoms with van der Waals surface area (Å²) in [6.45, 7) is -1.84. The number of halogens is 3. The van der Waals surface area contributed by atoms with Crippen LogP contribution in [0.2, 0.25) is 0 Å². The van der Waals surface area contributed by atoms with Crippen LogP contribution in [0.15, 0.2) is 11.2 Å². The fourth-order valence-corrected chi connectivity index (χ4v) is 1.70. The zero-order chi connectivity index (χ0) is 15.5. The number of aliphatic hydroxyl groups excluding tert-OH is 1. The van der Waals surface area contributed by atoms with Gasteiger partial charge in [-0.15, -0.1) is 0 Å². The lowest BCUT2D eigenvalue weighted by molar-refractivity contribution is -0.104. The second-order valence-electron chi connectivity index (χ2n) is 3.67. The third-order valence-electron chi connectivity index (χ3n) is 2.42. The van der Waals surface area contributed by atoms with E-state index >= 15 is 0 Å². The third kappa shape index (κ3) is 6.27. The van der Waals surface area contributed by atoms with E-state index in [1.54, 1.807) is 0 Å². The summed E-state index contributed by atoms with van der Waals surface area (Å²) in [5.41, 5.74) is 0. The smallest absolute Gasteiger partial charge is 0.323 e. The van der Waals surface area contributed by atoms with Crippen molar-refractivity contribution >= 4 is 23.9 Å². The number of hydrogen-bond donors (Lipinski definition) is 2. The highest BCUT2D eigenvalue weighted by molar-refractivity contribution is 6.38. The Morgan fingerprint density at radius 2 is 2.15 bits per heavy atom. The molecule has 0 spiro atoms. The van der Waals surface area contributed by atoms with Crippen molar-refractivity contribution in [1.82, 2.24) is 10.2 Å². The number of nitrogens with zero attached hydrogens (tertiary/aromatic N) is 1. The van der Waals surface area contributed by atoms with E-state index in [0.29, 0.717) is 19.1 Å². The van der Waals surface area contributed by atoms with Crippen molar-refractivity contribution < 1.29 is 28.2 Å². The molecule has 9 heteroatoms. The number of amides is 2. The van der Waals surface area contributed by atoms with Gasteiger partial charge in [0.25, 0.3) is 0 Å². The molecular weight excluding hydrogens is 298 g/mol. The van der Waals surface area contributed by atoms with Crippen LogP contribution < -0.4 is 5.32 Å². The molecule has 0 bridgehead atoms. The van der Waals surface area contributed by atoms with Gasteiger partial charge in [-0.1, -0.05) is 11.6 Å². The molecule has 116 valence electrons. The minimum Gasteiger partial charge on any atom is -0.394 e. The zero-order valence-electron chi connectivity index (χ0n) is 10.9. The highest BCUT2D eigenvalue weighted by Crippen LogP contribution is 2.23. The Kier molecular flexibility index (Phi) is 9.87. The maximum Gasteiger partial charge on any atom is 0.323 e. The van der Waals surface area contributed by atoms with Crippen LogP contribution in [0.3, 0.4) is 0 Å². The molecule has 2 N–H and O–H groups in total. The molecule has 20 heavy (non-hydrogen) atoms. The van der Waals surface area contributed by atoms with Crippen LogP contribution in [0.1, 0.15) is 12.8 Å². The Morgan fingerprint density at radius 3 is 2.55 bits per heavy atom. The average Bonchev–Trinajstić information content (AvgIpc) is 2.93. The summed E-state index contributed by atoms with van der Waals surface area (Å²) in [7, 11) is 1.47. The molecule has 0 radical (unpaired) electrons. The molecule has 1 fully saturated rings. The lowest BCUT2D eigenvalue weighted by Crippen LogP contribution is -2.42. The first-order valence-electron chi connectivity index (χ1n) is 5.74. The van der Waals surface area contributed by atoms with Gasteiger partial charge in [0.2, 0.25) is 6.93 Å². The Labute approximate surface area is 120 Å². The number of carbonyl (C=O) groups is 2. The van der Waals surface area contributed by atoms with E-state index < -0.39 is 19.2 Å². The third-order valence-corrected chi connectivity index (χ3v) is 2.61. The number of aliphatic hydroxyl groups is 1. The van der Waals surface area contributed by atoms with E-state index in [4.69, 9.17) is 21.4 Å². The van der Waals surface area contributed by atoms with Crippen LogP contribution in [0.4, 0.5) is 13.6 Å². The Morgan fingerprint density at radius 1 is 1.55 bits per heavy atom. The van der Waals surface area contributed by atoms with Crippen LogP contribution in [-0.2, 0) is 9.53 Å². The second kappa shape index (κ2) is 10.5. The molecule has 1 aliphatic rings. The van der Waals surface area contributed by atoms with Gasteiger partial charge < -0.3 is 15.2 Å². The summed E-state index contributed by atoms with van der Waals surface area (Å²) >= 11 is 5.58. The molecule has 1 saturated heterocycles.